The summed E-state index contributed by atoms with van der Waals surface area (Å²) in [5.41, 5.74) is 4.28. The average molecular weight is 736 g/mol. The van der Waals surface area contributed by atoms with Crippen LogP contribution >= 0.6 is 11.6 Å². The van der Waals surface area contributed by atoms with Crippen LogP contribution in [0.3, 0.4) is 0 Å². The lowest BCUT2D eigenvalue weighted by atomic mass is 9.49. The van der Waals surface area contributed by atoms with Crippen molar-refractivity contribution < 1.29 is 38.5 Å². The lowest BCUT2D eigenvalue weighted by molar-refractivity contribution is -0.141. The Morgan fingerprint density at radius 3 is 2.28 bits per heavy atom. The van der Waals surface area contributed by atoms with Gasteiger partial charge in [0.05, 0.1) is 36.0 Å². The van der Waals surface area contributed by atoms with Crippen molar-refractivity contribution in [1.29, 1.82) is 0 Å². The maximum Gasteiger partial charge on any atom is 0.260 e. The molecule has 4 aliphatic rings. The number of hydrogen-bond acceptors (Lipinski definition) is 8. The molecule has 8 rings (SSSR count). The summed E-state index contributed by atoms with van der Waals surface area (Å²) in [6.07, 6.45) is 2.67. The van der Waals surface area contributed by atoms with Crippen LogP contribution < -0.4 is 10.2 Å². The van der Waals surface area contributed by atoms with Gasteiger partial charge in [0, 0.05) is 17.5 Å². The molecule has 0 unspecified atom stereocenters. The highest BCUT2D eigenvalue weighted by Crippen LogP contribution is 2.64. The Hall–Kier alpha value is -5.68. The van der Waals surface area contributed by atoms with Gasteiger partial charge in [0.15, 0.2) is 11.5 Å². The number of allylic oxidation sites excluding steroid dienone is 2. The number of imide groups is 2. The topological polar surface area (TPSA) is 136 Å². The third-order valence-electron chi connectivity index (χ3n) is 11.4. The molecule has 53 heavy (non-hydrogen) atoms. The maximum absolute atomic E-state index is 15.2. The minimum Gasteiger partial charge on any atom is -0.508 e. The molecule has 0 radical (unpaired) electrons. The first kappa shape index (κ1) is 34.4. The van der Waals surface area contributed by atoms with Crippen molar-refractivity contribution in [1.82, 2.24) is 9.91 Å². The molecular formula is C41H35ClFN3O7. The first-order chi connectivity index (χ1) is 25.5. The Bertz CT molecular complexity index is 2180. The molecule has 2 aliphatic heterocycles. The van der Waals surface area contributed by atoms with E-state index < -0.39 is 52.6 Å². The van der Waals surface area contributed by atoms with Crippen molar-refractivity contribution in [3.8, 4) is 17.2 Å². The van der Waals surface area contributed by atoms with Gasteiger partial charge < -0.3 is 14.9 Å². The van der Waals surface area contributed by atoms with Crippen LogP contribution in [0.25, 0.3) is 0 Å². The number of carbonyl (C=O) groups is 4. The fraction of sp³-hybridized carbons (Fsp3) is 0.268. The van der Waals surface area contributed by atoms with Crippen LogP contribution in [-0.2, 0) is 31.0 Å². The summed E-state index contributed by atoms with van der Waals surface area (Å²) in [4.78, 5) is 59.6. The van der Waals surface area contributed by atoms with Gasteiger partial charge in [-0.15, -0.1) is 0 Å². The van der Waals surface area contributed by atoms with E-state index in [-0.39, 0.29) is 48.4 Å². The number of anilines is 1. The quantitative estimate of drug-likeness (QED) is 0.145. The molecule has 0 bridgehead atoms. The van der Waals surface area contributed by atoms with Crippen molar-refractivity contribution in [2.75, 3.05) is 19.1 Å². The minimum atomic E-state index is -1.57. The van der Waals surface area contributed by atoms with Crippen molar-refractivity contribution in [3.05, 3.63) is 130 Å². The van der Waals surface area contributed by atoms with Crippen LogP contribution in [0.15, 0.2) is 103 Å². The highest BCUT2D eigenvalue weighted by Gasteiger charge is 2.70. The third-order valence-corrected chi connectivity index (χ3v) is 11.7. The molecular weight excluding hydrogens is 701 g/mol. The molecule has 6 atom stereocenters. The molecule has 0 spiro atoms. The zero-order chi connectivity index (χ0) is 37.2. The Balaban J connectivity index is 1.26. The Labute approximate surface area is 309 Å². The maximum atomic E-state index is 15.2. The fourth-order valence-electron chi connectivity index (χ4n) is 9.11. The second-order valence-electron chi connectivity index (χ2n) is 14.0. The lowest BCUT2D eigenvalue weighted by Crippen LogP contribution is -2.53. The molecule has 2 heterocycles. The van der Waals surface area contributed by atoms with E-state index >= 15 is 4.79 Å². The van der Waals surface area contributed by atoms with E-state index in [2.05, 4.69) is 5.43 Å². The van der Waals surface area contributed by atoms with Crippen LogP contribution in [0.5, 0.6) is 17.2 Å². The van der Waals surface area contributed by atoms with E-state index in [1.807, 2.05) is 6.08 Å². The predicted molar refractivity (Wildman–Crippen MR) is 192 cm³/mol. The van der Waals surface area contributed by atoms with E-state index in [1.165, 1.54) is 42.3 Å². The van der Waals surface area contributed by atoms with E-state index in [0.29, 0.717) is 28.3 Å². The number of ether oxygens (including phenoxy) is 1. The van der Waals surface area contributed by atoms with Crippen LogP contribution in [-0.4, -0.2) is 57.4 Å². The summed E-state index contributed by atoms with van der Waals surface area (Å²) in [6, 6.07) is 23.5. The first-order valence-corrected chi connectivity index (χ1v) is 17.8. The molecule has 4 amide bonds. The second-order valence-corrected chi connectivity index (χ2v) is 14.5. The standard InChI is InChI=1S/C41H35ClFN3O7/c1-53-34-17-4-23(20-33(34)48)36-29-15-16-30-35(39(51)45(37(30)49)19-18-22-2-13-28(47)14-3-22)31(29)21-32-38(50)46(44-27-11-9-26(43)10-12-27)40(52)41(32,36)24-5-7-25(42)8-6-24/h2-15,17,20,30-32,35-36,44,47-48H,16,18-19,21H2,1H3/t30-,31+,32-,35-,36-,41+/m0/s1. The second kappa shape index (κ2) is 13.1. The van der Waals surface area contributed by atoms with Gasteiger partial charge in [-0.25, -0.2) is 4.39 Å². The van der Waals surface area contributed by atoms with E-state index in [0.717, 1.165) is 16.1 Å². The fourth-order valence-corrected chi connectivity index (χ4v) is 9.23. The van der Waals surface area contributed by atoms with Crippen molar-refractivity contribution >= 4 is 40.9 Å². The summed E-state index contributed by atoms with van der Waals surface area (Å²) in [6.45, 7) is 0.151. The SMILES string of the molecule is COc1ccc([C@H]2C3=CC[C@@H]4C(=O)N(CCc5ccc(O)cc5)C(=O)[C@@H]4[C@@H]3C[C@H]3C(=O)N(Nc4ccc(F)cc4)C(=O)[C@@]23c2ccc(Cl)cc2)cc1O. The number of hydrazine groups is 1. The van der Waals surface area contributed by atoms with Crippen LogP contribution in [0.2, 0.25) is 5.02 Å². The molecule has 4 aromatic carbocycles. The number of rotatable bonds is 8. The number of halogens is 2. The minimum absolute atomic E-state index is 0.0885. The highest BCUT2D eigenvalue weighted by molar-refractivity contribution is 6.30. The van der Waals surface area contributed by atoms with Gasteiger partial charge in [-0.2, -0.15) is 5.01 Å². The molecule has 4 aromatic rings. The van der Waals surface area contributed by atoms with Gasteiger partial charge in [-0.05, 0) is 103 Å². The van der Waals surface area contributed by atoms with Crippen molar-refractivity contribution in [3.63, 3.8) is 0 Å². The number of hydrogen-bond donors (Lipinski definition) is 3. The number of amides is 4. The molecule has 3 N–H and O–H groups in total. The van der Waals surface area contributed by atoms with Crippen LogP contribution in [0.1, 0.15) is 35.4 Å². The Morgan fingerprint density at radius 1 is 0.887 bits per heavy atom. The van der Waals surface area contributed by atoms with Crippen LogP contribution in [0, 0.1) is 29.5 Å². The van der Waals surface area contributed by atoms with Gasteiger partial charge in [0.1, 0.15) is 11.6 Å². The van der Waals surface area contributed by atoms with Crippen molar-refractivity contribution in [2.45, 2.75) is 30.6 Å². The van der Waals surface area contributed by atoms with Gasteiger partial charge in [0.25, 0.3) is 11.8 Å². The monoisotopic (exact) mass is 735 g/mol. The summed E-state index contributed by atoms with van der Waals surface area (Å²) in [5.74, 6) is -5.95. The number of fused-ring (bicyclic) bond motifs is 4. The Morgan fingerprint density at radius 2 is 1.60 bits per heavy atom. The molecule has 1 saturated carbocycles. The highest BCUT2D eigenvalue weighted by atomic mass is 35.5. The third kappa shape index (κ3) is 5.44. The molecule has 2 aliphatic carbocycles. The number of benzene rings is 4. The largest absolute Gasteiger partial charge is 0.508 e. The van der Waals surface area contributed by atoms with E-state index in [9.17, 15) is 29.0 Å². The number of nitrogens with one attached hydrogen (secondary N) is 1. The number of carbonyl (C=O) groups excluding carboxylic acids is 4. The van der Waals surface area contributed by atoms with Gasteiger partial charge in [-0.1, -0.05) is 53.6 Å². The normalized spacial score (nSPS) is 26.2. The molecule has 3 fully saturated rings. The molecule has 0 aromatic heterocycles. The Kier molecular flexibility index (Phi) is 8.48. The number of phenols is 2. The summed E-state index contributed by atoms with van der Waals surface area (Å²) in [7, 11) is 1.43. The molecule has 10 nitrogen and oxygen atoms in total. The zero-order valence-electron chi connectivity index (χ0n) is 28.5. The van der Waals surface area contributed by atoms with Gasteiger partial charge >= 0.3 is 0 Å². The molecule has 2 saturated heterocycles. The van der Waals surface area contributed by atoms with Crippen molar-refractivity contribution in [2.24, 2.45) is 23.7 Å². The number of likely N-dealkylation sites (tertiary alicyclic amines) is 1. The average Bonchev–Trinajstić information content (AvgIpc) is 3.52. The predicted octanol–water partition coefficient (Wildman–Crippen LogP) is 6.13. The van der Waals surface area contributed by atoms with Gasteiger partial charge in [0.2, 0.25) is 11.8 Å². The molecule has 270 valence electrons. The molecule has 12 heteroatoms. The van der Waals surface area contributed by atoms with E-state index in [4.69, 9.17) is 16.3 Å². The zero-order valence-corrected chi connectivity index (χ0v) is 29.3. The van der Waals surface area contributed by atoms with Gasteiger partial charge in [-0.3, -0.25) is 29.5 Å². The lowest BCUT2D eigenvalue weighted by Gasteiger charge is -2.50. The van der Waals surface area contributed by atoms with Crippen LogP contribution in [0.4, 0.5) is 10.1 Å². The summed E-state index contributed by atoms with van der Waals surface area (Å²) in [5, 5.41) is 22.2. The smallest absolute Gasteiger partial charge is 0.260 e. The number of methoxy groups -OCH3 is 1. The summed E-state index contributed by atoms with van der Waals surface area (Å²) < 4.78 is 19.2. The number of aromatic hydroxyl groups is 2. The van der Waals surface area contributed by atoms with E-state index in [1.54, 1.807) is 60.7 Å². The number of phenolic OH excluding ortho intramolecular Hbond substituents is 2. The number of nitrogens with zero attached hydrogens (tertiary/aromatic N) is 2. The summed E-state index contributed by atoms with van der Waals surface area (Å²) >= 11 is 6.35. The first-order valence-electron chi connectivity index (χ1n) is 17.4.